The normalized spacial score (nSPS) is 18.8. The molecule has 33 heavy (non-hydrogen) atoms. The van der Waals surface area contributed by atoms with Crippen LogP contribution in [0.25, 0.3) is 0 Å². The van der Waals surface area contributed by atoms with Crippen molar-refractivity contribution in [3.63, 3.8) is 0 Å². The van der Waals surface area contributed by atoms with Gasteiger partial charge in [0.05, 0.1) is 36.5 Å². The fraction of sp³-hybridized carbons (Fsp3) is 0.208. The minimum atomic E-state index is -1.33. The second kappa shape index (κ2) is 10.0. The van der Waals surface area contributed by atoms with Crippen LogP contribution in [0.4, 0.5) is 0 Å². The third kappa shape index (κ3) is 5.04. The molecule has 172 valence electrons. The van der Waals surface area contributed by atoms with E-state index in [1.807, 2.05) is 0 Å². The molecule has 2 aromatic rings. The number of ether oxygens (including phenoxy) is 3. The van der Waals surface area contributed by atoms with E-state index in [0.717, 1.165) is 12.3 Å². The van der Waals surface area contributed by atoms with Crippen LogP contribution >= 0.6 is 0 Å². The van der Waals surface area contributed by atoms with Gasteiger partial charge in [-0.3, -0.25) is 9.59 Å². The summed E-state index contributed by atoms with van der Waals surface area (Å²) in [5.74, 6) is -3.64. The molecule has 1 aliphatic heterocycles. The Kier molecular flexibility index (Phi) is 7.14. The molecular formula is C24H22O9. The van der Waals surface area contributed by atoms with E-state index < -0.39 is 35.7 Å². The zero-order valence-corrected chi connectivity index (χ0v) is 17.8. The number of ketones is 1. The van der Waals surface area contributed by atoms with Gasteiger partial charge in [0.1, 0.15) is 17.2 Å². The Labute approximate surface area is 189 Å². The van der Waals surface area contributed by atoms with E-state index >= 15 is 0 Å². The van der Waals surface area contributed by atoms with Crippen LogP contribution in [0.5, 0.6) is 17.2 Å². The first-order chi connectivity index (χ1) is 15.8. The highest BCUT2D eigenvalue weighted by atomic mass is 16.6. The van der Waals surface area contributed by atoms with E-state index in [4.69, 9.17) is 14.2 Å². The fourth-order valence-corrected chi connectivity index (χ4v) is 3.45. The molecule has 0 amide bonds. The third-order valence-electron chi connectivity index (χ3n) is 5.11. The van der Waals surface area contributed by atoms with Gasteiger partial charge in [-0.05, 0) is 31.2 Å². The zero-order valence-electron chi connectivity index (χ0n) is 17.8. The van der Waals surface area contributed by atoms with E-state index in [9.17, 15) is 29.7 Å². The lowest BCUT2D eigenvalue weighted by Crippen LogP contribution is -2.31. The maximum atomic E-state index is 12.6. The second-order valence-electron chi connectivity index (χ2n) is 7.10. The molecule has 2 aromatic carbocycles. The Morgan fingerprint density at radius 2 is 1.76 bits per heavy atom. The fourth-order valence-electron chi connectivity index (χ4n) is 3.45. The topological polar surface area (TPSA) is 140 Å². The van der Waals surface area contributed by atoms with Crippen molar-refractivity contribution in [3.05, 3.63) is 77.1 Å². The molecule has 0 radical (unpaired) electrons. The number of rotatable bonds is 6. The Morgan fingerprint density at radius 1 is 1.06 bits per heavy atom. The minimum Gasteiger partial charge on any atom is -0.507 e. The van der Waals surface area contributed by atoms with Crippen molar-refractivity contribution in [2.45, 2.75) is 19.6 Å². The predicted octanol–water partition coefficient (Wildman–Crippen LogP) is 2.59. The number of hydrogen-bond acceptors (Lipinski definition) is 9. The van der Waals surface area contributed by atoms with Gasteiger partial charge in [0, 0.05) is 17.6 Å². The number of aromatic hydroxyl groups is 2. The van der Waals surface area contributed by atoms with Gasteiger partial charge in [0.15, 0.2) is 5.78 Å². The Hall–Kier alpha value is -4.11. The van der Waals surface area contributed by atoms with Gasteiger partial charge in [-0.25, -0.2) is 4.79 Å². The van der Waals surface area contributed by atoms with E-state index in [1.54, 1.807) is 19.1 Å². The second-order valence-corrected chi connectivity index (χ2v) is 7.10. The molecule has 9 nitrogen and oxygen atoms in total. The standard InChI is InChI=1S/C24H22O9/c1-3-14-17(18(23(29)31-2)12-32-24(14)30)11-21(27)33-13-8-9-16(20(26)10-13)22(28)15-6-4-5-7-19(15)25/h3-10,12,17,24-26,30H,11H2,1-2H3/b14-3-. The number of phenolic OH excluding ortho intramolecular Hbond substituents is 2. The average Bonchev–Trinajstić information content (AvgIpc) is 2.79. The average molecular weight is 454 g/mol. The lowest BCUT2D eigenvalue weighted by atomic mass is 9.86. The summed E-state index contributed by atoms with van der Waals surface area (Å²) in [6.07, 6.45) is 0.932. The first-order valence-corrected chi connectivity index (χ1v) is 9.91. The van der Waals surface area contributed by atoms with Crippen molar-refractivity contribution in [2.75, 3.05) is 7.11 Å². The number of aliphatic hydroxyl groups is 1. The number of phenols is 2. The van der Waals surface area contributed by atoms with Crippen LogP contribution in [0.3, 0.4) is 0 Å². The molecule has 9 heteroatoms. The zero-order chi connectivity index (χ0) is 24.1. The van der Waals surface area contributed by atoms with Gasteiger partial charge in [-0.15, -0.1) is 0 Å². The van der Waals surface area contributed by atoms with E-state index in [-0.39, 0.29) is 34.6 Å². The molecule has 3 rings (SSSR count). The summed E-state index contributed by atoms with van der Waals surface area (Å²) < 4.78 is 15.0. The summed E-state index contributed by atoms with van der Waals surface area (Å²) in [5, 5.41) is 30.2. The van der Waals surface area contributed by atoms with Crippen molar-refractivity contribution in [1.82, 2.24) is 0 Å². The highest BCUT2D eigenvalue weighted by Gasteiger charge is 2.35. The van der Waals surface area contributed by atoms with Gasteiger partial charge in [-0.2, -0.15) is 0 Å². The van der Waals surface area contributed by atoms with Crippen molar-refractivity contribution >= 4 is 17.7 Å². The summed E-state index contributed by atoms with van der Waals surface area (Å²) in [7, 11) is 1.18. The van der Waals surface area contributed by atoms with Crippen molar-refractivity contribution in [3.8, 4) is 17.2 Å². The third-order valence-corrected chi connectivity index (χ3v) is 5.11. The Balaban J connectivity index is 1.77. The SMILES string of the molecule is C/C=C1\C(O)OC=C(C(=O)OC)C1CC(=O)Oc1ccc(C(=O)c2ccccc2O)c(O)c1. The largest absolute Gasteiger partial charge is 0.507 e. The quantitative estimate of drug-likeness (QED) is 0.260. The first-order valence-electron chi connectivity index (χ1n) is 9.91. The highest BCUT2D eigenvalue weighted by molar-refractivity contribution is 6.12. The molecule has 0 spiro atoms. The summed E-state index contributed by atoms with van der Waals surface area (Å²) >= 11 is 0. The van der Waals surface area contributed by atoms with Gasteiger partial charge in [0.25, 0.3) is 0 Å². The van der Waals surface area contributed by atoms with Gasteiger partial charge < -0.3 is 29.5 Å². The molecule has 0 fully saturated rings. The number of esters is 2. The maximum Gasteiger partial charge on any atom is 0.337 e. The van der Waals surface area contributed by atoms with Crippen molar-refractivity contribution in [1.29, 1.82) is 0 Å². The van der Waals surface area contributed by atoms with Crippen molar-refractivity contribution < 1.29 is 43.9 Å². The monoisotopic (exact) mass is 454 g/mol. The number of carbonyl (C=O) groups is 3. The predicted molar refractivity (Wildman–Crippen MR) is 114 cm³/mol. The molecule has 1 heterocycles. The Morgan fingerprint density at radius 3 is 2.39 bits per heavy atom. The molecule has 0 aromatic heterocycles. The summed E-state index contributed by atoms with van der Waals surface area (Å²) in [5.41, 5.74) is 0.258. The smallest absolute Gasteiger partial charge is 0.337 e. The molecule has 2 unspecified atom stereocenters. The molecule has 1 aliphatic rings. The van der Waals surface area contributed by atoms with Crippen LogP contribution in [-0.4, -0.2) is 46.4 Å². The highest BCUT2D eigenvalue weighted by Crippen LogP contribution is 2.34. The molecule has 2 atom stereocenters. The van der Waals surface area contributed by atoms with Crippen LogP contribution in [0.2, 0.25) is 0 Å². The number of benzene rings is 2. The summed E-state index contributed by atoms with van der Waals surface area (Å²) in [6.45, 7) is 1.62. The van der Waals surface area contributed by atoms with E-state index in [0.29, 0.717) is 5.57 Å². The lowest BCUT2D eigenvalue weighted by Gasteiger charge is -2.28. The minimum absolute atomic E-state index is 0.0108. The molecule has 0 bridgehead atoms. The van der Waals surface area contributed by atoms with Crippen LogP contribution in [-0.2, 0) is 19.1 Å². The van der Waals surface area contributed by atoms with Crippen LogP contribution in [0.15, 0.2) is 65.9 Å². The first kappa shape index (κ1) is 23.6. The number of hydrogen-bond donors (Lipinski definition) is 3. The van der Waals surface area contributed by atoms with Crippen molar-refractivity contribution in [2.24, 2.45) is 5.92 Å². The van der Waals surface area contributed by atoms with Gasteiger partial charge in [0.2, 0.25) is 6.29 Å². The molecule has 0 saturated heterocycles. The van der Waals surface area contributed by atoms with Crippen LogP contribution in [0, 0.1) is 5.92 Å². The number of para-hydroxylation sites is 1. The Bertz CT molecular complexity index is 1150. The molecular weight excluding hydrogens is 432 g/mol. The number of methoxy groups -OCH3 is 1. The lowest BCUT2D eigenvalue weighted by molar-refractivity contribution is -0.138. The molecule has 0 saturated carbocycles. The molecule has 3 N–H and O–H groups in total. The number of allylic oxidation sites excluding steroid dienone is 1. The van der Waals surface area contributed by atoms with Crippen LogP contribution < -0.4 is 4.74 Å². The van der Waals surface area contributed by atoms with E-state index in [2.05, 4.69) is 0 Å². The molecule has 0 aliphatic carbocycles. The summed E-state index contributed by atoms with van der Waals surface area (Å²) in [6, 6.07) is 9.58. The van der Waals surface area contributed by atoms with E-state index in [1.165, 1.54) is 37.5 Å². The van der Waals surface area contributed by atoms with Gasteiger partial charge in [-0.1, -0.05) is 18.2 Å². The maximum absolute atomic E-state index is 12.6. The van der Waals surface area contributed by atoms with Crippen LogP contribution in [0.1, 0.15) is 29.3 Å². The number of aliphatic hydroxyl groups excluding tert-OH is 1. The van der Waals surface area contributed by atoms with Gasteiger partial charge >= 0.3 is 11.9 Å². The number of carbonyl (C=O) groups excluding carboxylic acids is 3. The summed E-state index contributed by atoms with van der Waals surface area (Å²) in [4.78, 5) is 37.2.